The molecule has 2 heteroatoms. The first-order valence-electron chi connectivity index (χ1n) is 5.25. The van der Waals surface area contributed by atoms with Crippen LogP contribution in [0.5, 0.6) is 0 Å². The van der Waals surface area contributed by atoms with E-state index in [1.165, 1.54) is 0 Å². The molecule has 80 valence electrons. The van der Waals surface area contributed by atoms with E-state index in [1.807, 2.05) is 49.4 Å². The monoisotopic (exact) mass is 211 g/mol. The minimum atomic E-state index is 0.145. The Morgan fingerprint density at radius 1 is 1.19 bits per heavy atom. The summed E-state index contributed by atoms with van der Waals surface area (Å²) in [5.74, 6) is 0.145. The molecule has 0 radical (unpaired) electrons. The molecule has 0 amide bonds. The van der Waals surface area contributed by atoms with Gasteiger partial charge in [0.05, 0.1) is 0 Å². The summed E-state index contributed by atoms with van der Waals surface area (Å²) >= 11 is 0. The second kappa shape index (κ2) is 4.71. The van der Waals surface area contributed by atoms with Gasteiger partial charge in [0.1, 0.15) is 0 Å². The van der Waals surface area contributed by atoms with Crippen molar-refractivity contribution in [3.63, 3.8) is 0 Å². The van der Waals surface area contributed by atoms with E-state index in [0.29, 0.717) is 6.42 Å². The fourth-order valence-corrected chi connectivity index (χ4v) is 1.63. The lowest BCUT2D eigenvalue weighted by Crippen LogP contribution is -2.03. The van der Waals surface area contributed by atoms with Gasteiger partial charge in [-0.2, -0.15) is 0 Å². The van der Waals surface area contributed by atoms with Gasteiger partial charge >= 0.3 is 0 Å². The number of carbonyl (C=O) groups excluding carboxylic acids is 1. The second-order valence-electron chi connectivity index (χ2n) is 3.77. The first-order chi connectivity index (χ1) is 7.75. The molecule has 0 saturated heterocycles. The summed E-state index contributed by atoms with van der Waals surface area (Å²) in [5.41, 5.74) is 2.72. The molecule has 0 spiro atoms. The van der Waals surface area contributed by atoms with E-state index in [9.17, 15) is 4.79 Å². The number of aromatic nitrogens is 1. The predicted molar refractivity (Wildman–Crippen MR) is 63.5 cm³/mol. The number of rotatable bonds is 3. The van der Waals surface area contributed by atoms with Crippen LogP contribution in [0.4, 0.5) is 0 Å². The Kier molecular flexibility index (Phi) is 3.10. The number of benzene rings is 1. The van der Waals surface area contributed by atoms with Crippen molar-refractivity contribution in [1.82, 2.24) is 4.98 Å². The van der Waals surface area contributed by atoms with Crippen LogP contribution >= 0.6 is 0 Å². The molecule has 0 aliphatic carbocycles. The lowest BCUT2D eigenvalue weighted by atomic mass is 10.0. The van der Waals surface area contributed by atoms with E-state index in [1.54, 1.807) is 6.20 Å². The van der Waals surface area contributed by atoms with Gasteiger partial charge in [0, 0.05) is 23.9 Å². The average Bonchev–Trinajstić information content (AvgIpc) is 2.30. The lowest BCUT2D eigenvalue weighted by molar-refractivity contribution is 0.0993. The summed E-state index contributed by atoms with van der Waals surface area (Å²) in [4.78, 5) is 16.0. The number of hydrogen-bond acceptors (Lipinski definition) is 2. The summed E-state index contributed by atoms with van der Waals surface area (Å²) in [6.45, 7) is 1.93. The van der Waals surface area contributed by atoms with Gasteiger partial charge in [-0.1, -0.05) is 30.3 Å². The summed E-state index contributed by atoms with van der Waals surface area (Å²) in [7, 11) is 0. The maximum atomic E-state index is 11.9. The van der Waals surface area contributed by atoms with E-state index < -0.39 is 0 Å². The molecule has 0 aliphatic rings. The third kappa shape index (κ3) is 2.54. The second-order valence-corrected chi connectivity index (χ2v) is 3.77. The fraction of sp³-hybridized carbons (Fsp3) is 0.143. The molecule has 0 saturated carbocycles. The highest BCUT2D eigenvalue weighted by molar-refractivity contribution is 5.97. The van der Waals surface area contributed by atoms with Gasteiger partial charge in [-0.3, -0.25) is 9.78 Å². The summed E-state index contributed by atoms with van der Waals surface area (Å²) in [6.07, 6.45) is 2.18. The van der Waals surface area contributed by atoms with Crippen LogP contribution < -0.4 is 0 Å². The maximum absolute atomic E-state index is 11.9. The zero-order valence-corrected chi connectivity index (χ0v) is 9.18. The van der Waals surface area contributed by atoms with Gasteiger partial charge in [0.15, 0.2) is 5.78 Å². The highest BCUT2D eigenvalue weighted by Gasteiger charge is 2.06. The van der Waals surface area contributed by atoms with Crippen molar-refractivity contribution < 1.29 is 4.79 Å². The smallest absolute Gasteiger partial charge is 0.167 e. The quantitative estimate of drug-likeness (QED) is 0.731. The maximum Gasteiger partial charge on any atom is 0.167 e. The summed E-state index contributed by atoms with van der Waals surface area (Å²) < 4.78 is 0. The van der Waals surface area contributed by atoms with Crippen LogP contribution in [0.3, 0.4) is 0 Å². The number of nitrogens with zero attached hydrogens (tertiary/aromatic N) is 1. The number of Topliss-reactive ketones (excluding diaryl/α,β-unsaturated/α-hetero) is 1. The van der Waals surface area contributed by atoms with Crippen LogP contribution in [0.2, 0.25) is 0 Å². The Morgan fingerprint density at radius 2 is 1.94 bits per heavy atom. The number of ketones is 1. The third-order valence-corrected chi connectivity index (χ3v) is 2.42. The SMILES string of the molecule is Cc1cc(CC(=O)c2ccccc2)ccn1. The van der Waals surface area contributed by atoms with Crippen LogP contribution in [0.15, 0.2) is 48.7 Å². The van der Waals surface area contributed by atoms with Crippen LogP contribution in [0, 0.1) is 6.92 Å². The Balaban J connectivity index is 2.14. The first kappa shape index (κ1) is 10.6. The van der Waals surface area contributed by atoms with Gasteiger partial charge in [0.25, 0.3) is 0 Å². The minimum Gasteiger partial charge on any atom is -0.294 e. The normalized spacial score (nSPS) is 10.1. The molecule has 0 aliphatic heterocycles. The van der Waals surface area contributed by atoms with E-state index in [2.05, 4.69) is 4.98 Å². The van der Waals surface area contributed by atoms with Crippen molar-refractivity contribution in [1.29, 1.82) is 0 Å². The Morgan fingerprint density at radius 3 is 2.62 bits per heavy atom. The molecule has 2 aromatic rings. The number of hydrogen-bond donors (Lipinski definition) is 0. The molecule has 0 atom stereocenters. The topological polar surface area (TPSA) is 30.0 Å². The van der Waals surface area contributed by atoms with Crippen molar-refractivity contribution in [2.45, 2.75) is 13.3 Å². The molecule has 16 heavy (non-hydrogen) atoms. The minimum absolute atomic E-state index is 0.145. The number of pyridine rings is 1. The van der Waals surface area contributed by atoms with Crippen LogP contribution in [0.1, 0.15) is 21.6 Å². The molecule has 2 nitrogen and oxygen atoms in total. The average molecular weight is 211 g/mol. The molecule has 1 heterocycles. The number of aryl methyl sites for hydroxylation is 1. The largest absolute Gasteiger partial charge is 0.294 e. The zero-order valence-electron chi connectivity index (χ0n) is 9.18. The Hall–Kier alpha value is -1.96. The summed E-state index contributed by atoms with van der Waals surface area (Å²) in [5, 5.41) is 0. The summed E-state index contributed by atoms with van der Waals surface area (Å²) in [6, 6.07) is 13.2. The van der Waals surface area contributed by atoms with E-state index >= 15 is 0 Å². The van der Waals surface area contributed by atoms with E-state index in [4.69, 9.17) is 0 Å². The Labute approximate surface area is 95.0 Å². The predicted octanol–water partition coefficient (Wildman–Crippen LogP) is 2.82. The van der Waals surface area contributed by atoms with E-state index in [-0.39, 0.29) is 5.78 Å². The van der Waals surface area contributed by atoms with Crippen LogP contribution in [-0.2, 0) is 6.42 Å². The molecular formula is C14H13NO. The van der Waals surface area contributed by atoms with Gasteiger partial charge < -0.3 is 0 Å². The first-order valence-corrected chi connectivity index (χ1v) is 5.25. The van der Waals surface area contributed by atoms with Gasteiger partial charge in [-0.15, -0.1) is 0 Å². The fourth-order valence-electron chi connectivity index (χ4n) is 1.63. The van der Waals surface area contributed by atoms with Crippen molar-refractivity contribution in [2.24, 2.45) is 0 Å². The number of carbonyl (C=O) groups is 1. The van der Waals surface area contributed by atoms with Gasteiger partial charge in [-0.05, 0) is 24.6 Å². The van der Waals surface area contributed by atoms with Crippen molar-refractivity contribution in [3.8, 4) is 0 Å². The van der Waals surface area contributed by atoms with Gasteiger partial charge in [-0.25, -0.2) is 0 Å². The third-order valence-electron chi connectivity index (χ3n) is 2.42. The van der Waals surface area contributed by atoms with Gasteiger partial charge in [0.2, 0.25) is 0 Å². The molecule has 0 N–H and O–H groups in total. The molecular weight excluding hydrogens is 198 g/mol. The lowest BCUT2D eigenvalue weighted by Gasteiger charge is -2.01. The zero-order chi connectivity index (χ0) is 11.4. The highest BCUT2D eigenvalue weighted by Crippen LogP contribution is 2.07. The molecule has 2 rings (SSSR count). The molecule has 1 aromatic heterocycles. The van der Waals surface area contributed by atoms with E-state index in [0.717, 1.165) is 16.8 Å². The van der Waals surface area contributed by atoms with Crippen molar-refractivity contribution >= 4 is 5.78 Å². The van der Waals surface area contributed by atoms with Crippen molar-refractivity contribution in [2.75, 3.05) is 0 Å². The van der Waals surface area contributed by atoms with Crippen LogP contribution in [0.25, 0.3) is 0 Å². The molecule has 0 fully saturated rings. The molecule has 0 bridgehead atoms. The Bertz CT molecular complexity index is 491. The highest BCUT2D eigenvalue weighted by atomic mass is 16.1. The van der Waals surface area contributed by atoms with Crippen molar-refractivity contribution in [3.05, 3.63) is 65.5 Å². The standard InChI is InChI=1S/C14H13NO/c1-11-9-12(7-8-15-11)10-14(16)13-5-3-2-4-6-13/h2-9H,10H2,1H3. The molecule has 1 aromatic carbocycles. The molecule has 0 unspecified atom stereocenters. The van der Waals surface area contributed by atoms with Crippen LogP contribution in [-0.4, -0.2) is 10.8 Å².